The number of carbonyl (C=O) groups is 3. The molecule has 7 heteroatoms. The van der Waals surface area contributed by atoms with Crippen LogP contribution in [-0.2, 0) is 28.6 Å². The first-order valence-corrected chi connectivity index (χ1v) is 7.60. The fraction of sp³-hybridized carbons (Fsp3) is 0.471. The average molecular weight is 336 g/mol. The monoisotopic (exact) mass is 336 g/mol. The second-order valence-corrected chi connectivity index (χ2v) is 5.25. The molecule has 1 aliphatic heterocycles. The standard InChI is InChI=1S/C17H20O7/c1-4-23-13(18)9-12-14(10-7-5-6-8-11(10)24-12)15(16(19)21-2)17(20)22-3/h5-8,12,14-15H,4,9H2,1-3H3. The summed E-state index contributed by atoms with van der Waals surface area (Å²) in [6.45, 7) is 1.94. The molecule has 130 valence electrons. The van der Waals surface area contributed by atoms with Gasteiger partial charge in [-0.15, -0.1) is 0 Å². The molecule has 2 rings (SSSR count). The van der Waals surface area contributed by atoms with Gasteiger partial charge in [-0.3, -0.25) is 14.4 Å². The molecule has 24 heavy (non-hydrogen) atoms. The van der Waals surface area contributed by atoms with E-state index in [-0.39, 0.29) is 13.0 Å². The van der Waals surface area contributed by atoms with Gasteiger partial charge in [0.05, 0.1) is 27.2 Å². The summed E-state index contributed by atoms with van der Waals surface area (Å²) < 4.78 is 20.2. The van der Waals surface area contributed by atoms with Crippen LogP contribution in [0.4, 0.5) is 0 Å². The maximum Gasteiger partial charge on any atom is 0.320 e. The first-order chi connectivity index (χ1) is 11.5. The van der Waals surface area contributed by atoms with Gasteiger partial charge in [0.15, 0.2) is 5.92 Å². The Bertz CT molecular complexity index is 609. The predicted molar refractivity (Wildman–Crippen MR) is 82.4 cm³/mol. The largest absolute Gasteiger partial charge is 0.489 e. The molecule has 0 radical (unpaired) electrons. The molecule has 0 saturated carbocycles. The highest BCUT2D eigenvalue weighted by atomic mass is 16.5. The molecule has 7 nitrogen and oxygen atoms in total. The summed E-state index contributed by atoms with van der Waals surface area (Å²) >= 11 is 0. The van der Waals surface area contributed by atoms with Crippen LogP contribution in [0.15, 0.2) is 24.3 Å². The number of carbonyl (C=O) groups excluding carboxylic acids is 3. The number of hydrogen-bond acceptors (Lipinski definition) is 7. The molecule has 1 heterocycles. The molecule has 0 N–H and O–H groups in total. The van der Waals surface area contributed by atoms with Crippen molar-refractivity contribution in [3.63, 3.8) is 0 Å². The number of hydrogen-bond donors (Lipinski definition) is 0. The summed E-state index contributed by atoms with van der Waals surface area (Å²) in [4.78, 5) is 36.2. The summed E-state index contributed by atoms with van der Waals surface area (Å²) in [5, 5.41) is 0. The van der Waals surface area contributed by atoms with Crippen LogP contribution in [0, 0.1) is 5.92 Å². The molecule has 1 aromatic rings. The second kappa shape index (κ2) is 7.81. The number of esters is 3. The number of methoxy groups -OCH3 is 2. The van der Waals surface area contributed by atoms with Gasteiger partial charge in [0.2, 0.25) is 0 Å². The third kappa shape index (κ3) is 3.50. The van der Waals surface area contributed by atoms with Gasteiger partial charge < -0.3 is 18.9 Å². The number of benzene rings is 1. The Morgan fingerprint density at radius 3 is 2.33 bits per heavy atom. The Hall–Kier alpha value is -2.57. The Labute approximate surface area is 139 Å². The number of fused-ring (bicyclic) bond motifs is 1. The highest BCUT2D eigenvalue weighted by Gasteiger charge is 2.48. The van der Waals surface area contributed by atoms with E-state index < -0.39 is 35.8 Å². The van der Waals surface area contributed by atoms with Gasteiger partial charge in [-0.2, -0.15) is 0 Å². The molecular weight excluding hydrogens is 316 g/mol. The van der Waals surface area contributed by atoms with Crippen molar-refractivity contribution < 1.29 is 33.3 Å². The Kier molecular flexibility index (Phi) is 5.78. The molecule has 2 unspecified atom stereocenters. The van der Waals surface area contributed by atoms with E-state index in [0.29, 0.717) is 11.3 Å². The van der Waals surface area contributed by atoms with Crippen molar-refractivity contribution in [2.45, 2.75) is 25.4 Å². The van der Waals surface area contributed by atoms with Crippen LogP contribution in [0.2, 0.25) is 0 Å². The number of rotatable bonds is 6. The maximum absolute atomic E-state index is 12.2. The molecule has 0 fully saturated rings. The highest BCUT2D eigenvalue weighted by molar-refractivity contribution is 5.96. The number of ether oxygens (including phenoxy) is 4. The minimum absolute atomic E-state index is 0.0856. The van der Waals surface area contributed by atoms with Crippen LogP contribution < -0.4 is 4.74 Å². The lowest BCUT2D eigenvalue weighted by molar-refractivity contribution is -0.162. The summed E-state index contributed by atoms with van der Waals surface area (Å²) in [7, 11) is 2.39. The SMILES string of the molecule is CCOC(=O)CC1Oc2ccccc2C1C(C(=O)OC)C(=O)OC. The molecule has 1 aliphatic rings. The highest BCUT2D eigenvalue weighted by Crippen LogP contribution is 2.44. The van der Waals surface area contributed by atoms with Crippen molar-refractivity contribution in [1.82, 2.24) is 0 Å². The quantitative estimate of drug-likeness (QED) is 0.441. The average Bonchev–Trinajstić information content (AvgIpc) is 2.92. The molecule has 0 aromatic heterocycles. The fourth-order valence-corrected chi connectivity index (χ4v) is 2.89. The minimum atomic E-state index is -1.22. The fourth-order valence-electron chi connectivity index (χ4n) is 2.89. The molecule has 2 atom stereocenters. The Morgan fingerprint density at radius 1 is 1.12 bits per heavy atom. The van der Waals surface area contributed by atoms with Crippen molar-refractivity contribution in [3.8, 4) is 5.75 Å². The van der Waals surface area contributed by atoms with Crippen molar-refractivity contribution >= 4 is 17.9 Å². The predicted octanol–water partition coefficient (Wildman–Crippen LogP) is 1.45. The first kappa shape index (κ1) is 17.8. The van der Waals surface area contributed by atoms with Gasteiger partial charge in [0.25, 0.3) is 0 Å². The molecule has 0 amide bonds. The van der Waals surface area contributed by atoms with Crippen LogP contribution >= 0.6 is 0 Å². The van der Waals surface area contributed by atoms with Gasteiger partial charge in [0, 0.05) is 11.5 Å². The summed E-state index contributed by atoms with van der Waals surface area (Å²) in [5.41, 5.74) is 0.660. The molecule has 1 aromatic carbocycles. The summed E-state index contributed by atoms with van der Waals surface area (Å²) in [5.74, 6) is -3.32. The molecule has 0 spiro atoms. The van der Waals surface area contributed by atoms with E-state index in [0.717, 1.165) is 0 Å². The van der Waals surface area contributed by atoms with Gasteiger partial charge in [-0.25, -0.2) is 0 Å². The van der Waals surface area contributed by atoms with Crippen molar-refractivity contribution in [2.24, 2.45) is 5.92 Å². The Balaban J connectivity index is 2.39. The third-order valence-electron chi connectivity index (χ3n) is 3.90. The van der Waals surface area contributed by atoms with E-state index in [2.05, 4.69) is 0 Å². The normalized spacial score (nSPS) is 18.5. The van der Waals surface area contributed by atoms with E-state index in [1.807, 2.05) is 0 Å². The molecule has 0 saturated heterocycles. The van der Waals surface area contributed by atoms with E-state index in [4.69, 9.17) is 18.9 Å². The lowest BCUT2D eigenvalue weighted by atomic mass is 9.82. The molecule has 0 aliphatic carbocycles. The van der Waals surface area contributed by atoms with E-state index in [1.165, 1.54) is 14.2 Å². The smallest absolute Gasteiger partial charge is 0.320 e. The number of para-hydroxylation sites is 1. The van der Waals surface area contributed by atoms with Crippen LogP contribution in [0.5, 0.6) is 5.75 Å². The minimum Gasteiger partial charge on any atom is -0.489 e. The summed E-state index contributed by atoms with van der Waals surface area (Å²) in [6.07, 6.45) is -0.804. The third-order valence-corrected chi connectivity index (χ3v) is 3.90. The van der Waals surface area contributed by atoms with Gasteiger partial charge >= 0.3 is 17.9 Å². The van der Waals surface area contributed by atoms with Crippen molar-refractivity contribution in [3.05, 3.63) is 29.8 Å². The topological polar surface area (TPSA) is 88.1 Å². The lowest BCUT2D eigenvalue weighted by Crippen LogP contribution is -2.38. The maximum atomic E-state index is 12.2. The Morgan fingerprint density at radius 2 is 1.75 bits per heavy atom. The zero-order valence-electron chi connectivity index (χ0n) is 13.8. The zero-order valence-corrected chi connectivity index (χ0v) is 13.8. The summed E-state index contributed by atoms with van der Waals surface area (Å²) in [6, 6.07) is 7.02. The van der Waals surface area contributed by atoms with Crippen LogP contribution in [-0.4, -0.2) is 44.8 Å². The molecule has 0 bridgehead atoms. The molecular formula is C17H20O7. The van der Waals surface area contributed by atoms with Gasteiger partial charge in [0.1, 0.15) is 11.9 Å². The van der Waals surface area contributed by atoms with Crippen LogP contribution in [0.25, 0.3) is 0 Å². The van der Waals surface area contributed by atoms with Crippen molar-refractivity contribution in [2.75, 3.05) is 20.8 Å². The second-order valence-electron chi connectivity index (χ2n) is 5.25. The zero-order chi connectivity index (χ0) is 17.7. The van der Waals surface area contributed by atoms with E-state index in [9.17, 15) is 14.4 Å². The van der Waals surface area contributed by atoms with Gasteiger partial charge in [-0.05, 0) is 13.0 Å². The van der Waals surface area contributed by atoms with E-state index in [1.54, 1.807) is 31.2 Å². The van der Waals surface area contributed by atoms with Crippen LogP contribution in [0.1, 0.15) is 24.8 Å². The van der Waals surface area contributed by atoms with Crippen molar-refractivity contribution in [1.29, 1.82) is 0 Å². The lowest BCUT2D eigenvalue weighted by Gasteiger charge is -2.23. The first-order valence-electron chi connectivity index (χ1n) is 7.60. The van der Waals surface area contributed by atoms with Gasteiger partial charge in [-0.1, -0.05) is 18.2 Å². The van der Waals surface area contributed by atoms with Crippen LogP contribution in [0.3, 0.4) is 0 Å². The van der Waals surface area contributed by atoms with E-state index >= 15 is 0 Å².